The van der Waals surface area contributed by atoms with E-state index in [2.05, 4.69) is 5.32 Å². The fourth-order valence-electron chi connectivity index (χ4n) is 1.25. The van der Waals surface area contributed by atoms with Crippen molar-refractivity contribution in [2.75, 3.05) is 5.32 Å². The van der Waals surface area contributed by atoms with Gasteiger partial charge < -0.3 is 5.32 Å². The number of hydrogen-bond donors (Lipinski definition) is 1. The van der Waals surface area contributed by atoms with Gasteiger partial charge in [-0.15, -0.1) is 0 Å². The number of anilines is 1. The molecule has 1 aromatic rings. The predicted molar refractivity (Wildman–Crippen MR) is 55.5 cm³/mol. The van der Waals surface area contributed by atoms with Crippen molar-refractivity contribution >= 4 is 11.6 Å². The van der Waals surface area contributed by atoms with E-state index in [0.29, 0.717) is 5.92 Å². The minimum atomic E-state index is -0.0683. The summed E-state index contributed by atoms with van der Waals surface area (Å²) in [5, 5.41) is 2.81. The Kier molecular flexibility index (Phi) is 2.82. The number of carbonyl (C=O) groups is 1. The van der Waals surface area contributed by atoms with Crippen LogP contribution in [0.2, 0.25) is 0 Å². The molecule has 1 saturated carbocycles. The summed E-state index contributed by atoms with van der Waals surface area (Å²) in [5.74, 6) is 0.620. The lowest BCUT2D eigenvalue weighted by molar-refractivity contribution is -0.113. The molecule has 1 aromatic carbocycles. The molecular weight excluding hydrogens is 174 g/mol. The van der Waals surface area contributed by atoms with Crippen LogP contribution in [0.15, 0.2) is 30.3 Å². The zero-order chi connectivity index (χ0) is 9.80. The van der Waals surface area contributed by atoms with Crippen LogP contribution in [0.25, 0.3) is 0 Å². The summed E-state index contributed by atoms with van der Waals surface area (Å²) >= 11 is 0. The minimum absolute atomic E-state index is 0.0683. The highest BCUT2D eigenvalue weighted by atomic mass is 16.1. The Labute approximate surface area is 84.3 Å². The number of benzene rings is 1. The number of carbonyl (C=O) groups excluding carboxylic acids is 1. The van der Waals surface area contributed by atoms with Gasteiger partial charge in [-0.3, -0.25) is 4.79 Å². The number of rotatable bonds is 2. The average molecular weight is 184 g/mol. The van der Waals surface area contributed by atoms with E-state index in [0.717, 1.165) is 5.69 Å². The van der Waals surface area contributed by atoms with Crippen LogP contribution < -0.4 is 5.32 Å². The highest BCUT2D eigenvalue weighted by Crippen LogP contribution is 2.24. The minimum Gasteiger partial charge on any atom is -0.326 e. The normalized spacial score (nSPS) is 16.9. The first-order valence-electron chi connectivity index (χ1n) is 4.44. The molecule has 0 aromatic heterocycles. The third-order valence-corrected chi connectivity index (χ3v) is 1.96. The first-order chi connectivity index (χ1) is 6.86. The van der Waals surface area contributed by atoms with E-state index in [1.54, 1.807) is 12.8 Å². The molecule has 0 saturated heterocycles. The summed E-state index contributed by atoms with van der Waals surface area (Å²) in [4.78, 5) is 11.6. The van der Waals surface area contributed by atoms with E-state index >= 15 is 0 Å². The second kappa shape index (κ2) is 4.27. The van der Waals surface area contributed by atoms with Crippen LogP contribution in [-0.4, -0.2) is 5.91 Å². The van der Waals surface area contributed by atoms with Gasteiger partial charge in [-0.1, -0.05) is 18.2 Å². The quantitative estimate of drug-likeness (QED) is 0.748. The van der Waals surface area contributed by atoms with Crippen LogP contribution in [0.1, 0.15) is 0 Å². The zero-order valence-corrected chi connectivity index (χ0v) is 7.60. The average Bonchev–Trinajstić information content (AvgIpc) is 2.72. The van der Waals surface area contributed by atoms with Crippen LogP contribution in [0.5, 0.6) is 0 Å². The molecule has 2 rings (SSSR count). The standard InChI is InChI=1S/C12H10NO/c14-12(10-6-4-5-7-10)13-11-8-2-1-3-9-11/h1-9H,(H,13,14). The van der Waals surface area contributed by atoms with Crippen molar-refractivity contribution in [2.45, 2.75) is 0 Å². The van der Waals surface area contributed by atoms with Gasteiger partial charge in [0, 0.05) is 5.69 Å². The molecule has 69 valence electrons. The van der Waals surface area contributed by atoms with Gasteiger partial charge in [0.2, 0.25) is 5.91 Å². The Bertz CT molecular complexity index is 301. The van der Waals surface area contributed by atoms with E-state index < -0.39 is 0 Å². The van der Waals surface area contributed by atoms with Gasteiger partial charge in [0.25, 0.3) is 0 Å². The molecule has 5 radical (unpaired) electrons. The van der Waals surface area contributed by atoms with Gasteiger partial charge in [-0.25, -0.2) is 0 Å². The van der Waals surface area contributed by atoms with Crippen molar-refractivity contribution in [3.63, 3.8) is 0 Å². The molecule has 0 bridgehead atoms. The Morgan fingerprint density at radius 1 is 1.00 bits per heavy atom. The zero-order valence-electron chi connectivity index (χ0n) is 7.60. The second-order valence-electron chi connectivity index (χ2n) is 2.99. The number of para-hydroxylation sites is 1. The van der Waals surface area contributed by atoms with Crippen molar-refractivity contribution in [2.24, 2.45) is 0 Å². The Balaban J connectivity index is 1.94. The summed E-state index contributed by atoms with van der Waals surface area (Å²) in [5.41, 5.74) is 0.818. The van der Waals surface area contributed by atoms with Crippen LogP contribution >= 0.6 is 0 Å². The van der Waals surface area contributed by atoms with Crippen LogP contribution in [0, 0.1) is 31.6 Å². The van der Waals surface area contributed by atoms with Crippen LogP contribution in [0.4, 0.5) is 5.69 Å². The van der Waals surface area contributed by atoms with Crippen molar-refractivity contribution in [3.8, 4) is 0 Å². The largest absolute Gasteiger partial charge is 0.326 e. The number of nitrogens with one attached hydrogen (secondary N) is 1. The SMILES string of the molecule is O=C(Nc1ccccc1)[C]1[CH][CH][CH][CH]1. The molecule has 0 aliphatic heterocycles. The van der Waals surface area contributed by atoms with Gasteiger partial charge in [0.1, 0.15) is 0 Å². The lowest BCUT2D eigenvalue weighted by atomic mass is 10.1. The molecule has 1 N–H and O–H groups in total. The smallest absolute Gasteiger partial charge is 0.232 e. The van der Waals surface area contributed by atoms with Crippen molar-refractivity contribution in [3.05, 3.63) is 61.9 Å². The molecule has 0 heterocycles. The van der Waals surface area contributed by atoms with Gasteiger partial charge >= 0.3 is 0 Å². The van der Waals surface area contributed by atoms with E-state index in [9.17, 15) is 4.79 Å². The molecule has 1 amide bonds. The summed E-state index contributed by atoms with van der Waals surface area (Å²) in [6, 6.07) is 9.42. The number of hydrogen-bond acceptors (Lipinski definition) is 1. The second-order valence-corrected chi connectivity index (χ2v) is 2.99. The Hall–Kier alpha value is -1.31. The lowest BCUT2D eigenvalue weighted by Gasteiger charge is -2.08. The van der Waals surface area contributed by atoms with Gasteiger partial charge in [-0.2, -0.15) is 0 Å². The van der Waals surface area contributed by atoms with Gasteiger partial charge in [0.05, 0.1) is 5.92 Å². The summed E-state index contributed by atoms with van der Waals surface area (Å²) in [6.07, 6.45) is 7.27. The Morgan fingerprint density at radius 2 is 1.64 bits per heavy atom. The fourth-order valence-corrected chi connectivity index (χ4v) is 1.25. The maximum absolute atomic E-state index is 11.6. The summed E-state index contributed by atoms with van der Waals surface area (Å²) < 4.78 is 0. The Morgan fingerprint density at radius 3 is 2.29 bits per heavy atom. The molecular formula is C12H10NO. The highest BCUT2D eigenvalue weighted by Gasteiger charge is 2.24. The number of amides is 1. The molecule has 1 aliphatic rings. The first-order valence-corrected chi connectivity index (χ1v) is 4.44. The molecule has 14 heavy (non-hydrogen) atoms. The van der Waals surface area contributed by atoms with E-state index in [1.807, 2.05) is 43.2 Å². The van der Waals surface area contributed by atoms with Crippen molar-refractivity contribution < 1.29 is 4.79 Å². The molecule has 0 unspecified atom stereocenters. The van der Waals surface area contributed by atoms with Crippen molar-refractivity contribution in [1.29, 1.82) is 0 Å². The van der Waals surface area contributed by atoms with Crippen LogP contribution in [0.3, 0.4) is 0 Å². The third-order valence-electron chi connectivity index (χ3n) is 1.96. The summed E-state index contributed by atoms with van der Waals surface area (Å²) in [6.45, 7) is 0. The topological polar surface area (TPSA) is 29.1 Å². The van der Waals surface area contributed by atoms with Crippen molar-refractivity contribution in [1.82, 2.24) is 0 Å². The molecule has 0 spiro atoms. The van der Waals surface area contributed by atoms with E-state index in [4.69, 9.17) is 0 Å². The molecule has 0 atom stereocenters. The highest BCUT2D eigenvalue weighted by molar-refractivity contribution is 6.05. The maximum atomic E-state index is 11.6. The predicted octanol–water partition coefficient (Wildman–Crippen LogP) is 2.03. The molecule has 1 aliphatic carbocycles. The lowest BCUT2D eigenvalue weighted by Crippen LogP contribution is -2.19. The fraction of sp³-hybridized carbons (Fsp3) is 0. The molecule has 1 fully saturated rings. The third kappa shape index (κ3) is 2.13. The summed E-state index contributed by atoms with van der Waals surface area (Å²) in [7, 11) is 0. The van der Waals surface area contributed by atoms with Gasteiger partial charge in [-0.05, 0) is 37.8 Å². The maximum Gasteiger partial charge on any atom is 0.232 e. The molecule has 2 heteroatoms. The monoisotopic (exact) mass is 184 g/mol. The van der Waals surface area contributed by atoms with Crippen LogP contribution in [-0.2, 0) is 4.79 Å². The first kappa shape index (κ1) is 9.25. The van der Waals surface area contributed by atoms with Gasteiger partial charge in [0.15, 0.2) is 0 Å². The van der Waals surface area contributed by atoms with E-state index in [-0.39, 0.29) is 5.91 Å². The molecule has 2 nitrogen and oxygen atoms in total. The van der Waals surface area contributed by atoms with E-state index in [1.165, 1.54) is 0 Å².